The van der Waals surface area contributed by atoms with Crippen molar-refractivity contribution in [2.45, 2.75) is 33.2 Å². The van der Waals surface area contributed by atoms with Gasteiger partial charge in [0.15, 0.2) is 5.65 Å². The van der Waals surface area contributed by atoms with E-state index in [9.17, 15) is 9.59 Å². The second-order valence-electron chi connectivity index (χ2n) is 6.95. The Morgan fingerprint density at radius 3 is 2.71 bits per heavy atom. The third kappa shape index (κ3) is 2.97. The maximum Gasteiger partial charge on any atom is 0.305 e. The van der Waals surface area contributed by atoms with E-state index in [4.69, 9.17) is 5.11 Å². The lowest BCUT2D eigenvalue weighted by Gasteiger charge is -2.30. The van der Waals surface area contributed by atoms with E-state index in [0.717, 1.165) is 11.0 Å². The van der Waals surface area contributed by atoms with Gasteiger partial charge in [0.25, 0.3) is 5.91 Å². The van der Waals surface area contributed by atoms with Gasteiger partial charge in [-0.05, 0) is 17.5 Å². The Bertz CT molecular complexity index is 917. The second kappa shape index (κ2) is 5.67. The SMILES string of the molecule is CC(C)(C)C(CC(=O)O)NC(=O)c1cc2nc3ccccc3n2[nH]1. The largest absolute Gasteiger partial charge is 0.481 e. The molecule has 3 rings (SSSR count). The van der Waals surface area contributed by atoms with Crippen molar-refractivity contribution < 1.29 is 14.7 Å². The quantitative estimate of drug-likeness (QED) is 0.685. The summed E-state index contributed by atoms with van der Waals surface area (Å²) in [6, 6.07) is 8.81. The molecule has 0 aliphatic carbocycles. The number of carboxylic acids is 1. The van der Waals surface area contributed by atoms with Crippen LogP contribution in [0.25, 0.3) is 16.7 Å². The number of benzene rings is 1. The number of hydrogen-bond donors (Lipinski definition) is 3. The van der Waals surface area contributed by atoms with Crippen molar-refractivity contribution in [2.24, 2.45) is 5.41 Å². The molecule has 0 saturated heterocycles. The highest BCUT2D eigenvalue weighted by atomic mass is 16.4. The lowest BCUT2D eigenvalue weighted by molar-refractivity contribution is -0.138. The third-order valence-corrected chi connectivity index (χ3v) is 4.07. The number of hydrogen-bond acceptors (Lipinski definition) is 3. The molecular formula is C17H20N4O3. The van der Waals surface area contributed by atoms with Gasteiger partial charge < -0.3 is 10.4 Å². The van der Waals surface area contributed by atoms with Crippen LogP contribution in [0.5, 0.6) is 0 Å². The molecule has 126 valence electrons. The molecule has 1 unspecified atom stereocenters. The Labute approximate surface area is 138 Å². The molecule has 0 spiro atoms. The summed E-state index contributed by atoms with van der Waals surface area (Å²) in [5, 5.41) is 14.9. The smallest absolute Gasteiger partial charge is 0.305 e. The molecule has 0 bridgehead atoms. The van der Waals surface area contributed by atoms with Gasteiger partial charge in [-0.2, -0.15) is 0 Å². The Hall–Kier alpha value is -2.83. The molecule has 2 aromatic heterocycles. The van der Waals surface area contributed by atoms with E-state index in [-0.39, 0.29) is 17.7 Å². The molecule has 1 aromatic carbocycles. The van der Waals surface area contributed by atoms with Gasteiger partial charge in [-0.15, -0.1) is 0 Å². The highest BCUT2D eigenvalue weighted by Gasteiger charge is 2.29. The highest BCUT2D eigenvalue weighted by Crippen LogP contribution is 2.23. The van der Waals surface area contributed by atoms with Gasteiger partial charge >= 0.3 is 5.97 Å². The molecule has 1 amide bonds. The Morgan fingerprint density at radius 1 is 1.33 bits per heavy atom. The molecule has 3 aromatic rings. The lowest BCUT2D eigenvalue weighted by atomic mass is 9.84. The van der Waals surface area contributed by atoms with Gasteiger partial charge in [-0.3, -0.25) is 14.7 Å². The van der Waals surface area contributed by atoms with Crippen LogP contribution in [0.2, 0.25) is 0 Å². The van der Waals surface area contributed by atoms with Gasteiger partial charge in [0.2, 0.25) is 0 Å². The second-order valence-corrected chi connectivity index (χ2v) is 6.95. The first-order valence-corrected chi connectivity index (χ1v) is 7.74. The third-order valence-electron chi connectivity index (χ3n) is 4.07. The number of rotatable bonds is 4. The van der Waals surface area contributed by atoms with Crippen LogP contribution < -0.4 is 5.32 Å². The average Bonchev–Trinajstić information content (AvgIpc) is 3.02. The molecule has 0 fully saturated rings. The summed E-state index contributed by atoms with van der Waals surface area (Å²) >= 11 is 0. The topological polar surface area (TPSA) is 99.5 Å². The number of aromatic amines is 1. The van der Waals surface area contributed by atoms with Crippen LogP contribution in [0.4, 0.5) is 0 Å². The van der Waals surface area contributed by atoms with Crippen molar-refractivity contribution in [3.8, 4) is 0 Å². The number of carbonyl (C=O) groups excluding carboxylic acids is 1. The fourth-order valence-electron chi connectivity index (χ4n) is 2.64. The summed E-state index contributed by atoms with van der Waals surface area (Å²) in [6.07, 6.45) is -0.129. The number of imidazole rings is 1. The minimum atomic E-state index is -0.942. The Balaban J connectivity index is 1.89. The number of carboxylic acid groups (broad SMARTS) is 1. The van der Waals surface area contributed by atoms with Gasteiger partial charge in [0.1, 0.15) is 5.69 Å². The van der Waals surface area contributed by atoms with Crippen molar-refractivity contribution in [1.29, 1.82) is 0 Å². The molecule has 0 aliphatic heterocycles. The van der Waals surface area contributed by atoms with Crippen LogP contribution in [0.3, 0.4) is 0 Å². The molecule has 2 heterocycles. The number of amides is 1. The first-order chi connectivity index (χ1) is 11.3. The number of fused-ring (bicyclic) bond motifs is 3. The van der Waals surface area contributed by atoms with Gasteiger partial charge in [-0.1, -0.05) is 32.9 Å². The van der Waals surface area contributed by atoms with Crippen molar-refractivity contribution in [3.63, 3.8) is 0 Å². The van der Waals surface area contributed by atoms with Crippen LogP contribution in [0, 0.1) is 5.41 Å². The normalized spacial score (nSPS) is 13.3. The molecule has 0 radical (unpaired) electrons. The maximum atomic E-state index is 12.5. The summed E-state index contributed by atoms with van der Waals surface area (Å²) in [5.41, 5.74) is 2.35. The van der Waals surface area contributed by atoms with Gasteiger partial charge in [0, 0.05) is 12.1 Å². The van der Waals surface area contributed by atoms with E-state index in [1.54, 1.807) is 10.6 Å². The Morgan fingerprint density at radius 2 is 2.04 bits per heavy atom. The zero-order valence-corrected chi connectivity index (χ0v) is 13.8. The molecule has 24 heavy (non-hydrogen) atoms. The molecule has 7 heteroatoms. The number of carbonyl (C=O) groups is 2. The van der Waals surface area contributed by atoms with E-state index in [1.165, 1.54) is 0 Å². The predicted octanol–water partition coefficient (Wildman–Crippen LogP) is 2.43. The Kier molecular flexibility index (Phi) is 3.79. The number of nitrogens with one attached hydrogen (secondary N) is 2. The molecule has 0 aliphatic rings. The van der Waals surface area contributed by atoms with E-state index in [0.29, 0.717) is 11.3 Å². The first-order valence-electron chi connectivity index (χ1n) is 7.74. The van der Waals surface area contributed by atoms with Gasteiger partial charge in [-0.25, -0.2) is 9.50 Å². The van der Waals surface area contributed by atoms with Crippen LogP contribution in [0.15, 0.2) is 30.3 Å². The van der Waals surface area contributed by atoms with Crippen LogP contribution >= 0.6 is 0 Å². The summed E-state index contributed by atoms with van der Waals surface area (Å²) in [7, 11) is 0. The number of aliphatic carboxylic acids is 1. The summed E-state index contributed by atoms with van der Waals surface area (Å²) in [4.78, 5) is 28.0. The highest BCUT2D eigenvalue weighted by molar-refractivity contribution is 5.94. The first kappa shape index (κ1) is 16.0. The molecule has 7 nitrogen and oxygen atoms in total. The average molecular weight is 328 g/mol. The standard InChI is InChI=1S/C17H20N4O3/c1-17(2,3)13(9-15(22)23)19-16(24)11-8-14-18-10-6-4-5-7-12(10)21(14)20-11/h4-8,13,20H,9H2,1-3H3,(H,19,24)(H,22,23). The predicted molar refractivity (Wildman–Crippen MR) is 90.0 cm³/mol. The number of aromatic nitrogens is 3. The van der Waals surface area contributed by atoms with E-state index >= 15 is 0 Å². The molecule has 3 N–H and O–H groups in total. The maximum absolute atomic E-state index is 12.5. The van der Waals surface area contributed by atoms with Crippen molar-refractivity contribution in [3.05, 3.63) is 36.0 Å². The monoisotopic (exact) mass is 328 g/mol. The zero-order valence-electron chi connectivity index (χ0n) is 13.8. The number of H-pyrrole nitrogens is 1. The van der Waals surface area contributed by atoms with Crippen molar-refractivity contribution in [1.82, 2.24) is 19.9 Å². The van der Waals surface area contributed by atoms with Crippen molar-refractivity contribution in [2.75, 3.05) is 0 Å². The fraction of sp³-hybridized carbons (Fsp3) is 0.353. The van der Waals surface area contributed by atoms with Crippen LogP contribution in [-0.4, -0.2) is 37.6 Å². The molecular weight excluding hydrogens is 308 g/mol. The van der Waals surface area contributed by atoms with E-state index in [1.807, 2.05) is 45.0 Å². The summed E-state index contributed by atoms with van der Waals surface area (Å²) in [6.45, 7) is 5.70. The molecule has 1 atom stereocenters. The number of nitrogens with zero attached hydrogens (tertiary/aromatic N) is 2. The minimum Gasteiger partial charge on any atom is -0.481 e. The zero-order chi connectivity index (χ0) is 17.5. The minimum absolute atomic E-state index is 0.129. The van der Waals surface area contributed by atoms with Crippen LogP contribution in [-0.2, 0) is 4.79 Å². The summed E-state index contributed by atoms with van der Waals surface area (Å²) in [5.74, 6) is -1.28. The van der Waals surface area contributed by atoms with Crippen LogP contribution in [0.1, 0.15) is 37.7 Å². The fourth-order valence-corrected chi connectivity index (χ4v) is 2.64. The van der Waals surface area contributed by atoms with Crippen molar-refractivity contribution >= 4 is 28.6 Å². The molecule has 0 saturated carbocycles. The van der Waals surface area contributed by atoms with E-state index in [2.05, 4.69) is 15.4 Å². The number of para-hydroxylation sites is 2. The summed E-state index contributed by atoms with van der Waals surface area (Å²) < 4.78 is 1.74. The van der Waals surface area contributed by atoms with Gasteiger partial charge in [0.05, 0.1) is 17.5 Å². The van der Waals surface area contributed by atoms with E-state index < -0.39 is 12.0 Å². The lowest BCUT2D eigenvalue weighted by Crippen LogP contribution is -2.45.